The van der Waals surface area contributed by atoms with Crippen LogP contribution >= 0.6 is 0 Å². The van der Waals surface area contributed by atoms with Crippen LogP contribution in [0.25, 0.3) is 45.0 Å². The van der Waals surface area contributed by atoms with Gasteiger partial charge in [-0.15, -0.1) is 0 Å². The average Bonchev–Trinajstić information content (AvgIpc) is 3.42. The number of benzene rings is 5. The molecule has 232 valence electrons. The Morgan fingerprint density at radius 1 is 0.521 bits per heavy atom. The van der Waals surface area contributed by atoms with Crippen molar-refractivity contribution in [1.82, 2.24) is 9.97 Å². The zero-order chi connectivity index (χ0) is 31.4. The van der Waals surface area contributed by atoms with Gasteiger partial charge in [0.25, 0.3) is 0 Å². The maximum Gasteiger partial charge on any atom is 0.179 e. The first kappa shape index (κ1) is 26.8. The Bertz CT molecular complexity index is 2170. The minimum atomic E-state index is -0.0885. The lowest BCUT2D eigenvalue weighted by Gasteiger charge is -2.61. The number of rotatable bonds is 3. The van der Waals surface area contributed by atoms with Crippen LogP contribution in [0.1, 0.15) is 43.2 Å². The molecule has 4 bridgehead atoms. The van der Waals surface area contributed by atoms with E-state index in [1.807, 2.05) is 30.3 Å². The first-order chi connectivity index (χ1) is 23.7. The molecule has 0 saturated heterocycles. The molecule has 1 aliphatic heterocycles. The average molecular weight is 623 g/mol. The second-order valence-electron chi connectivity index (χ2n) is 14.6. The Balaban J connectivity index is 1.26. The molecule has 48 heavy (non-hydrogen) atoms. The van der Waals surface area contributed by atoms with E-state index in [-0.39, 0.29) is 5.41 Å². The third-order valence-corrected chi connectivity index (χ3v) is 12.1. The summed E-state index contributed by atoms with van der Waals surface area (Å²) < 4.78 is 13.7. The van der Waals surface area contributed by atoms with E-state index in [0.717, 1.165) is 62.9 Å². The molecule has 0 radical (unpaired) electrons. The van der Waals surface area contributed by atoms with E-state index in [1.165, 1.54) is 54.4 Å². The van der Waals surface area contributed by atoms with Crippen LogP contribution in [0.2, 0.25) is 0 Å². The van der Waals surface area contributed by atoms with Crippen molar-refractivity contribution >= 4 is 0 Å². The van der Waals surface area contributed by atoms with E-state index in [0.29, 0.717) is 17.7 Å². The van der Waals surface area contributed by atoms with Crippen LogP contribution in [0.5, 0.6) is 23.0 Å². The number of hydrogen-bond acceptors (Lipinski definition) is 4. The standard InChI is InChI=1S/C44H34N2O2/c1-3-11-28(12-4-1)35-25-36(46-43(45-35)29-13-5-2-6-14-29)40-41-33(24-39-42(40)48-38-18-10-9-17-37(38)47-39)32-15-7-8-16-34(32)44(41)30-20-26-19-27(22-30)23-31(44)21-26/h1-18,24-27,30-31H,19-23H2. The van der Waals surface area contributed by atoms with Crippen molar-refractivity contribution in [1.29, 1.82) is 0 Å². The minimum Gasteiger partial charge on any atom is -0.449 e. The van der Waals surface area contributed by atoms with Crippen molar-refractivity contribution < 1.29 is 9.47 Å². The molecule has 4 heteroatoms. The second kappa shape index (κ2) is 9.90. The maximum atomic E-state index is 6.98. The summed E-state index contributed by atoms with van der Waals surface area (Å²) in [7, 11) is 0. The van der Waals surface area contributed by atoms with E-state index in [9.17, 15) is 0 Å². The molecule has 4 nitrogen and oxygen atoms in total. The fourth-order valence-corrected chi connectivity index (χ4v) is 10.6. The molecule has 6 aliphatic rings. The van der Waals surface area contributed by atoms with Crippen molar-refractivity contribution in [3.8, 4) is 68.0 Å². The summed E-state index contributed by atoms with van der Waals surface area (Å²) in [5, 5.41) is 0. The normalized spacial score (nSPS) is 25.1. The third-order valence-electron chi connectivity index (χ3n) is 12.1. The predicted octanol–water partition coefficient (Wildman–Crippen LogP) is 11.1. The lowest BCUT2D eigenvalue weighted by molar-refractivity contribution is -0.0397. The molecule has 4 saturated carbocycles. The highest BCUT2D eigenvalue weighted by Gasteiger charge is 2.63. The monoisotopic (exact) mass is 622 g/mol. The number of aromatic nitrogens is 2. The van der Waals surface area contributed by atoms with Crippen molar-refractivity contribution in [2.45, 2.75) is 37.5 Å². The zero-order valence-corrected chi connectivity index (χ0v) is 26.6. The van der Waals surface area contributed by atoms with Gasteiger partial charge >= 0.3 is 0 Å². The Morgan fingerprint density at radius 2 is 1.12 bits per heavy atom. The molecule has 0 amide bonds. The van der Waals surface area contributed by atoms with Crippen LogP contribution < -0.4 is 9.47 Å². The molecule has 5 aliphatic carbocycles. The molecule has 0 N–H and O–H groups in total. The van der Waals surface area contributed by atoms with E-state index in [4.69, 9.17) is 19.4 Å². The van der Waals surface area contributed by atoms with Gasteiger partial charge in [-0.25, -0.2) is 9.97 Å². The summed E-state index contributed by atoms with van der Waals surface area (Å²) in [6.07, 6.45) is 6.60. The van der Waals surface area contributed by atoms with Gasteiger partial charge in [-0.2, -0.15) is 0 Å². The molecule has 5 aromatic carbocycles. The van der Waals surface area contributed by atoms with Gasteiger partial charge in [-0.1, -0.05) is 97.1 Å². The van der Waals surface area contributed by atoms with Crippen LogP contribution in [-0.4, -0.2) is 9.97 Å². The topological polar surface area (TPSA) is 44.2 Å². The van der Waals surface area contributed by atoms with Gasteiger partial charge in [0.1, 0.15) is 0 Å². The quantitative estimate of drug-likeness (QED) is 0.197. The largest absolute Gasteiger partial charge is 0.449 e. The first-order valence-electron chi connectivity index (χ1n) is 17.5. The molecule has 1 aromatic heterocycles. The fourth-order valence-electron chi connectivity index (χ4n) is 10.6. The second-order valence-corrected chi connectivity index (χ2v) is 14.6. The van der Waals surface area contributed by atoms with Gasteiger partial charge in [0.05, 0.1) is 17.0 Å². The van der Waals surface area contributed by atoms with E-state index in [2.05, 4.69) is 91.0 Å². The fraction of sp³-hybridized carbons (Fsp3) is 0.227. The van der Waals surface area contributed by atoms with Crippen molar-refractivity contribution in [2.24, 2.45) is 23.7 Å². The van der Waals surface area contributed by atoms with Crippen LogP contribution in [0, 0.1) is 23.7 Å². The summed E-state index contributed by atoms with van der Waals surface area (Å²) in [6, 6.07) is 42.6. The maximum absolute atomic E-state index is 6.98. The van der Waals surface area contributed by atoms with E-state index >= 15 is 0 Å². The Labute approximate surface area is 280 Å². The third kappa shape index (κ3) is 3.66. The summed E-state index contributed by atoms with van der Waals surface area (Å²) in [5.74, 6) is 6.58. The van der Waals surface area contributed by atoms with Crippen molar-refractivity contribution in [3.63, 3.8) is 0 Å². The molecule has 2 heterocycles. The highest BCUT2D eigenvalue weighted by atomic mass is 16.6. The van der Waals surface area contributed by atoms with Gasteiger partial charge in [-0.3, -0.25) is 0 Å². The zero-order valence-electron chi connectivity index (χ0n) is 26.6. The minimum absolute atomic E-state index is 0.0885. The van der Waals surface area contributed by atoms with Gasteiger partial charge in [-0.05, 0) is 102 Å². The van der Waals surface area contributed by atoms with E-state index < -0.39 is 0 Å². The molecule has 4 fully saturated rings. The number of para-hydroxylation sites is 2. The van der Waals surface area contributed by atoms with Gasteiger partial charge in [0.2, 0.25) is 0 Å². The summed E-state index contributed by atoms with van der Waals surface area (Å²) in [5.41, 5.74) is 10.3. The highest BCUT2D eigenvalue weighted by molar-refractivity contribution is 5.94. The first-order valence-corrected chi connectivity index (χ1v) is 17.5. The SMILES string of the molecule is c1ccc(-c2cc(-c3c4c(cc5c3C3(c6ccccc6-5)C5CC6CC(C5)CC3C6)Oc3ccccc3O4)nc(-c3ccccc3)n2)cc1. The number of ether oxygens (including phenoxy) is 2. The van der Waals surface area contributed by atoms with Gasteiger partial charge < -0.3 is 9.47 Å². The number of fused-ring (bicyclic) bond motifs is 5. The summed E-state index contributed by atoms with van der Waals surface area (Å²) >= 11 is 0. The predicted molar refractivity (Wildman–Crippen MR) is 188 cm³/mol. The molecule has 0 atom stereocenters. The van der Waals surface area contributed by atoms with Crippen molar-refractivity contribution in [2.75, 3.05) is 0 Å². The van der Waals surface area contributed by atoms with Crippen LogP contribution in [-0.2, 0) is 5.41 Å². The number of nitrogens with zero attached hydrogens (tertiary/aromatic N) is 2. The summed E-state index contributed by atoms with van der Waals surface area (Å²) in [4.78, 5) is 10.6. The van der Waals surface area contributed by atoms with Crippen LogP contribution in [0.4, 0.5) is 0 Å². The van der Waals surface area contributed by atoms with Gasteiger partial charge in [0.15, 0.2) is 28.8 Å². The molecular formula is C44H34N2O2. The molecule has 1 spiro atoms. The molecule has 6 aromatic rings. The van der Waals surface area contributed by atoms with E-state index in [1.54, 1.807) is 0 Å². The summed E-state index contributed by atoms with van der Waals surface area (Å²) in [6.45, 7) is 0. The lowest BCUT2D eigenvalue weighted by atomic mass is 9.42. The highest BCUT2D eigenvalue weighted by Crippen LogP contribution is 2.72. The Morgan fingerprint density at radius 3 is 1.85 bits per heavy atom. The lowest BCUT2D eigenvalue weighted by Crippen LogP contribution is -2.55. The number of hydrogen-bond donors (Lipinski definition) is 0. The Kier molecular flexibility index (Phi) is 5.53. The Hall–Kier alpha value is -5.22. The molecular weight excluding hydrogens is 588 g/mol. The van der Waals surface area contributed by atoms with Crippen molar-refractivity contribution in [3.05, 3.63) is 132 Å². The van der Waals surface area contributed by atoms with Gasteiger partial charge in [0, 0.05) is 16.5 Å². The van der Waals surface area contributed by atoms with Crippen LogP contribution in [0.3, 0.4) is 0 Å². The molecule has 0 unspecified atom stereocenters. The smallest absolute Gasteiger partial charge is 0.179 e. The van der Waals surface area contributed by atoms with Crippen LogP contribution in [0.15, 0.2) is 121 Å². The molecule has 12 rings (SSSR count).